The third-order valence-corrected chi connectivity index (χ3v) is 5.06. The van der Waals surface area contributed by atoms with E-state index in [0.717, 1.165) is 6.20 Å². The Balaban J connectivity index is 1.93. The zero-order chi connectivity index (χ0) is 14.3. The van der Waals surface area contributed by atoms with Crippen LogP contribution < -0.4 is 5.73 Å². The van der Waals surface area contributed by atoms with Crippen LogP contribution in [0.3, 0.4) is 0 Å². The summed E-state index contributed by atoms with van der Waals surface area (Å²) >= 11 is 0. The molecule has 1 aliphatic heterocycles. The fraction of sp³-hybridized carbons (Fsp3) is 0.333. The first-order valence-electron chi connectivity index (χ1n) is 6.12. The topological polar surface area (TPSA) is 90.9 Å². The SMILES string of the molecule is Nc1cc(-c2ccc(F)cn2)nn1C1CCS(=O)(=O)C1. The van der Waals surface area contributed by atoms with Gasteiger partial charge in [-0.25, -0.2) is 17.5 Å². The van der Waals surface area contributed by atoms with E-state index in [1.165, 1.54) is 16.8 Å². The molecule has 106 valence electrons. The maximum absolute atomic E-state index is 12.8. The van der Waals surface area contributed by atoms with Crippen LogP contribution in [0.25, 0.3) is 11.4 Å². The first-order valence-corrected chi connectivity index (χ1v) is 7.94. The number of rotatable bonds is 2. The molecule has 0 saturated carbocycles. The predicted octanol–water partition coefficient (Wildman–Crippen LogP) is 1.03. The van der Waals surface area contributed by atoms with Crippen molar-refractivity contribution >= 4 is 15.7 Å². The number of pyridine rings is 1. The van der Waals surface area contributed by atoms with Gasteiger partial charge in [-0.05, 0) is 18.6 Å². The van der Waals surface area contributed by atoms with Crippen molar-refractivity contribution in [2.24, 2.45) is 0 Å². The van der Waals surface area contributed by atoms with Crippen LogP contribution in [0.15, 0.2) is 24.4 Å². The van der Waals surface area contributed by atoms with E-state index < -0.39 is 15.7 Å². The molecule has 0 bridgehead atoms. The first kappa shape index (κ1) is 13.0. The summed E-state index contributed by atoms with van der Waals surface area (Å²) in [6, 6.07) is 4.17. The summed E-state index contributed by atoms with van der Waals surface area (Å²) in [6.45, 7) is 0. The highest BCUT2D eigenvalue weighted by Crippen LogP contribution is 2.28. The number of hydrogen-bond donors (Lipinski definition) is 1. The molecular weight excluding hydrogens is 283 g/mol. The summed E-state index contributed by atoms with van der Waals surface area (Å²) in [4.78, 5) is 3.93. The quantitative estimate of drug-likeness (QED) is 0.893. The molecule has 3 heterocycles. The highest BCUT2D eigenvalue weighted by Gasteiger charge is 2.31. The highest BCUT2D eigenvalue weighted by molar-refractivity contribution is 7.91. The Hall–Kier alpha value is -1.96. The van der Waals surface area contributed by atoms with Crippen LogP contribution in [0.1, 0.15) is 12.5 Å². The summed E-state index contributed by atoms with van der Waals surface area (Å²) in [7, 11) is -3.00. The lowest BCUT2D eigenvalue weighted by atomic mass is 10.2. The number of nitrogen functional groups attached to an aromatic ring is 1. The summed E-state index contributed by atoms with van der Waals surface area (Å²) in [6.07, 6.45) is 1.61. The molecular formula is C12H13FN4O2S. The third-order valence-electron chi connectivity index (χ3n) is 3.31. The van der Waals surface area contributed by atoms with Crippen LogP contribution in [0.2, 0.25) is 0 Å². The number of anilines is 1. The van der Waals surface area contributed by atoms with Crippen molar-refractivity contribution in [3.05, 3.63) is 30.2 Å². The Morgan fingerprint density at radius 1 is 1.35 bits per heavy atom. The van der Waals surface area contributed by atoms with Gasteiger partial charge in [-0.1, -0.05) is 0 Å². The van der Waals surface area contributed by atoms with Crippen molar-refractivity contribution in [2.45, 2.75) is 12.5 Å². The van der Waals surface area contributed by atoms with Crippen LogP contribution >= 0.6 is 0 Å². The molecule has 0 aliphatic carbocycles. The van der Waals surface area contributed by atoms with Gasteiger partial charge in [-0.3, -0.25) is 4.98 Å². The van der Waals surface area contributed by atoms with E-state index in [2.05, 4.69) is 10.1 Å². The summed E-state index contributed by atoms with van der Waals surface area (Å²) in [5.74, 6) is 0.160. The Bertz CT molecular complexity index is 739. The molecule has 1 atom stereocenters. The summed E-state index contributed by atoms with van der Waals surface area (Å²) in [5, 5.41) is 4.30. The van der Waals surface area contributed by atoms with Gasteiger partial charge in [-0.2, -0.15) is 5.10 Å². The zero-order valence-electron chi connectivity index (χ0n) is 10.5. The molecule has 0 radical (unpaired) electrons. The van der Waals surface area contributed by atoms with Crippen molar-refractivity contribution in [3.8, 4) is 11.4 Å². The minimum atomic E-state index is -3.00. The Morgan fingerprint density at radius 3 is 2.75 bits per heavy atom. The second-order valence-electron chi connectivity index (χ2n) is 4.82. The maximum atomic E-state index is 12.8. The van der Waals surface area contributed by atoms with Crippen LogP contribution in [0, 0.1) is 5.82 Å². The molecule has 8 heteroatoms. The molecule has 1 saturated heterocycles. The van der Waals surface area contributed by atoms with Gasteiger partial charge in [0.25, 0.3) is 0 Å². The maximum Gasteiger partial charge on any atom is 0.152 e. The largest absolute Gasteiger partial charge is 0.384 e. The Kier molecular flexibility index (Phi) is 2.97. The van der Waals surface area contributed by atoms with Crippen molar-refractivity contribution in [2.75, 3.05) is 17.2 Å². The van der Waals surface area contributed by atoms with Gasteiger partial charge in [0.2, 0.25) is 0 Å². The van der Waals surface area contributed by atoms with E-state index in [1.54, 1.807) is 6.07 Å². The molecule has 3 rings (SSSR count). The lowest BCUT2D eigenvalue weighted by Gasteiger charge is -2.09. The molecule has 20 heavy (non-hydrogen) atoms. The van der Waals surface area contributed by atoms with E-state index >= 15 is 0 Å². The first-order chi connectivity index (χ1) is 9.44. The molecule has 2 N–H and O–H groups in total. The van der Waals surface area contributed by atoms with E-state index in [-0.39, 0.29) is 17.5 Å². The Labute approximate surface area is 115 Å². The fourth-order valence-corrected chi connectivity index (χ4v) is 4.01. The van der Waals surface area contributed by atoms with Crippen LogP contribution in [-0.4, -0.2) is 34.7 Å². The number of hydrogen-bond acceptors (Lipinski definition) is 5. The van der Waals surface area contributed by atoms with Gasteiger partial charge in [0.1, 0.15) is 17.3 Å². The molecule has 1 fully saturated rings. The minimum absolute atomic E-state index is 0.0508. The standard InChI is InChI=1S/C12H13FN4O2S/c13-8-1-2-10(15-6-8)11-5-12(14)17(16-11)9-3-4-20(18,19)7-9/h1-2,5-6,9H,3-4,7,14H2. The van der Waals surface area contributed by atoms with Crippen LogP contribution in [0.4, 0.5) is 10.2 Å². The normalized spacial score (nSPS) is 21.1. The van der Waals surface area contributed by atoms with Gasteiger partial charge in [0, 0.05) is 6.07 Å². The van der Waals surface area contributed by atoms with Gasteiger partial charge in [0.05, 0.1) is 29.4 Å². The van der Waals surface area contributed by atoms with Crippen molar-refractivity contribution < 1.29 is 12.8 Å². The number of nitrogens with zero attached hydrogens (tertiary/aromatic N) is 3. The lowest BCUT2D eigenvalue weighted by molar-refractivity contribution is 0.508. The minimum Gasteiger partial charge on any atom is -0.384 e. The summed E-state index contributed by atoms with van der Waals surface area (Å²) in [5.41, 5.74) is 6.88. The number of aromatic nitrogens is 3. The van der Waals surface area contributed by atoms with Crippen LogP contribution in [0.5, 0.6) is 0 Å². The lowest BCUT2D eigenvalue weighted by Crippen LogP contribution is -2.14. The molecule has 2 aromatic rings. The summed E-state index contributed by atoms with van der Waals surface area (Å²) < 4.78 is 37.4. The van der Waals surface area contributed by atoms with E-state index in [4.69, 9.17) is 5.73 Å². The van der Waals surface area contributed by atoms with Gasteiger partial charge < -0.3 is 5.73 Å². The second-order valence-corrected chi connectivity index (χ2v) is 7.05. The molecule has 0 aromatic carbocycles. The number of nitrogens with two attached hydrogens (primary N) is 1. The number of sulfone groups is 1. The molecule has 1 aliphatic rings. The average Bonchev–Trinajstić information content (AvgIpc) is 2.93. The number of halogens is 1. The molecule has 0 spiro atoms. The molecule has 0 amide bonds. The van der Waals surface area contributed by atoms with Crippen molar-refractivity contribution in [3.63, 3.8) is 0 Å². The average molecular weight is 296 g/mol. The van der Waals surface area contributed by atoms with Crippen LogP contribution in [-0.2, 0) is 9.84 Å². The van der Waals surface area contributed by atoms with Gasteiger partial charge in [0.15, 0.2) is 9.84 Å². The van der Waals surface area contributed by atoms with E-state index in [0.29, 0.717) is 23.6 Å². The smallest absolute Gasteiger partial charge is 0.152 e. The predicted molar refractivity (Wildman–Crippen MR) is 72.1 cm³/mol. The van der Waals surface area contributed by atoms with Crippen molar-refractivity contribution in [1.29, 1.82) is 0 Å². The van der Waals surface area contributed by atoms with E-state index in [1.807, 2.05) is 0 Å². The monoisotopic (exact) mass is 296 g/mol. The second kappa shape index (κ2) is 4.55. The van der Waals surface area contributed by atoms with Gasteiger partial charge >= 0.3 is 0 Å². The van der Waals surface area contributed by atoms with Gasteiger partial charge in [-0.15, -0.1) is 0 Å². The molecule has 1 unspecified atom stereocenters. The molecule has 2 aromatic heterocycles. The zero-order valence-corrected chi connectivity index (χ0v) is 11.3. The van der Waals surface area contributed by atoms with E-state index in [9.17, 15) is 12.8 Å². The fourth-order valence-electron chi connectivity index (χ4n) is 2.32. The highest BCUT2D eigenvalue weighted by atomic mass is 32.2. The molecule has 6 nitrogen and oxygen atoms in total. The van der Waals surface area contributed by atoms with Crippen molar-refractivity contribution in [1.82, 2.24) is 14.8 Å². The Morgan fingerprint density at radius 2 is 2.15 bits per heavy atom. The third kappa shape index (κ3) is 2.38.